The van der Waals surface area contributed by atoms with Crippen molar-refractivity contribution in [2.45, 2.75) is 43.2 Å². The second-order valence-electron chi connectivity index (χ2n) is 8.55. The highest BCUT2D eigenvalue weighted by Gasteiger charge is 2.50. The van der Waals surface area contributed by atoms with Gasteiger partial charge in [-0.3, -0.25) is 0 Å². The number of urea groups is 1. The third-order valence-electron chi connectivity index (χ3n) is 6.92. The highest BCUT2D eigenvalue weighted by Crippen LogP contribution is 2.49. The summed E-state index contributed by atoms with van der Waals surface area (Å²) in [6.45, 7) is 1.05. The van der Waals surface area contributed by atoms with Crippen molar-refractivity contribution in [3.63, 3.8) is 0 Å². The molecule has 7 heteroatoms. The number of carbonyl (C=O) groups excluding carboxylic acids is 1. The summed E-state index contributed by atoms with van der Waals surface area (Å²) >= 11 is 3.42. The fourth-order valence-corrected chi connectivity index (χ4v) is 5.54. The van der Waals surface area contributed by atoms with Gasteiger partial charge in [-0.05, 0) is 81.2 Å². The molecule has 1 saturated carbocycles. The van der Waals surface area contributed by atoms with Crippen LogP contribution in [-0.4, -0.2) is 50.8 Å². The smallest absolute Gasteiger partial charge is 0.319 e. The Morgan fingerprint density at radius 2 is 1.84 bits per heavy atom. The van der Waals surface area contributed by atoms with Crippen molar-refractivity contribution >= 4 is 27.6 Å². The second kappa shape index (κ2) is 9.09. The number of likely N-dealkylation sites (N-methyl/N-ethyl adjacent to an activating group) is 1. The summed E-state index contributed by atoms with van der Waals surface area (Å²) in [7, 11) is 5.54. The van der Waals surface area contributed by atoms with Gasteiger partial charge in [-0.2, -0.15) is 0 Å². The number of amides is 2. The maximum Gasteiger partial charge on any atom is 0.319 e. The van der Waals surface area contributed by atoms with E-state index in [0.717, 1.165) is 53.9 Å². The van der Waals surface area contributed by atoms with Gasteiger partial charge in [-0.15, -0.1) is 0 Å². The minimum absolute atomic E-state index is 0.0780. The number of fused-ring (bicyclic) bond motifs is 1. The molecule has 6 nitrogen and oxygen atoms in total. The zero-order chi connectivity index (χ0) is 22.0. The van der Waals surface area contributed by atoms with Crippen molar-refractivity contribution in [2.24, 2.45) is 0 Å². The molecule has 4 rings (SSSR count). The molecule has 2 fully saturated rings. The van der Waals surface area contributed by atoms with Crippen molar-refractivity contribution in [1.29, 1.82) is 0 Å². The van der Waals surface area contributed by atoms with Crippen LogP contribution in [0.25, 0.3) is 0 Å². The summed E-state index contributed by atoms with van der Waals surface area (Å²) in [6.07, 6.45) is 4.02. The number of halogens is 1. The van der Waals surface area contributed by atoms with Gasteiger partial charge in [0.15, 0.2) is 11.5 Å². The largest absolute Gasteiger partial charge is 0.493 e. The first-order valence-electron chi connectivity index (χ1n) is 10.7. The maximum atomic E-state index is 12.6. The van der Waals surface area contributed by atoms with E-state index in [1.54, 1.807) is 14.2 Å². The number of anilines is 1. The van der Waals surface area contributed by atoms with Crippen molar-refractivity contribution in [2.75, 3.05) is 33.1 Å². The number of rotatable bonds is 5. The van der Waals surface area contributed by atoms with Crippen LogP contribution in [0.1, 0.15) is 31.2 Å². The average Bonchev–Trinajstić information content (AvgIpc) is 3.12. The van der Waals surface area contributed by atoms with Crippen molar-refractivity contribution < 1.29 is 14.3 Å². The molecule has 0 bridgehead atoms. The Morgan fingerprint density at radius 3 is 2.55 bits per heavy atom. The molecule has 1 saturated heterocycles. The summed E-state index contributed by atoms with van der Waals surface area (Å²) in [6, 6.07) is 14.3. The first-order chi connectivity index (χ1) is 14.9. The van der Waals surface area contributed by atoms with E-state index in [9.17, 15) is 4.79 Å². The standard InChI is InChI=1S/C24H30BrN3O3/c1-28-13-12-24(16-4-9-20(30-2)21(14-16)31-3)11-10-19(15-22(24)28)27-23(29)26-18-7-5-17(25)6-8-18/h4-9,14,19,22H,10-13,15H2,1-3H3,(H2,26,27,29)/t19-,22+,24-/m0/s1. The molecule has 1 heterocycles. The Kier molecular flexibility index (Phi) is 6.44. The Bertz CT molecular complexity index is 936. The van der Waals surface area contributed by atoms with Crippen LogP contribution < -0.4 is 20.1 Å². The summed E-state index contributed by atoms with van der Waals surface area (Å²) in [5.41, 5.74) is 2.17. The van der Waals surface area contributed by atoms with Crippen LogP contribution in [0.15, 0.2) is 46.9 Å². The number of ether oxygens (including phenoxy) is 2. The topological polar surface area (TPSA) is 62.8 Å². The van der Waals surface area contributed by atoms with Gasteiger partial charge in [0.05, 0.1) is 14.2 Å². The number of benzene rings is 2. The van der Waals surface area contributed by atoms with Crippen molar-refractivity contribution in [3.8, 4) is 11.5 Å². The normalized spacial score (nSPS) is 25.5. The molecule has 0 unspecified atom stereocenters. The summed E-state index contributed by atoms with van der Waals surface area (Å²) in [5, 5.41) is 6.13. The zero-order valence-corrected chi connectivity index (χ0v) is 19.9. The minimum Gasteiger partial charge on any atom is -0.493 e. The average molecular weight is 488 g/mol. The number of carbonyl (C=O) groups is 1. The van der Waals surface area contributed by atoms with Crippen LogP contribution in [0.3, 0.4) is 0 Å². The van der Waals surface area contributed by atoms with E-state index >= 15 is 0 Å². The number of nitrogens with one attached hydrogen (secondary N) is 2. The highest BCUT2D eigenvalue weighted by molar-refractivity contribution is 9.10. The third kappa shape index (κ3) is 4.39. The predicted octanol–water partition coefficient (Wildman–Crippen LogP) is 4.78. The molecule has 2 aromatic rings. The SMILES string of the molecule is COc1ccc([C@@]23CC[C@H](NC(=O)Nc4ccc(Br)cc4)C[C@H]2N(C)CC3)cc1OC. The van der Waals surface area contributed by atoms with Crippen LogP contribution in [-0.2, 0) is 5.41 Å². The first kappa shape index (κ1) is 22.0. The molecule has 0 spiro atoms. The van der Waals surface area contributed by atoms with Crippen LogP contribution in [0.5, 0.6) is 11.5 Å². The van der Waals surface area contributed by atoms with E-state index in [-0.39, 0.29) is 17.5 Å². The Balaban J connectivity index is 1.47. The van der Waals surface area contributed by atoms with Crippen LogP contribution >= 0.6 is 15.9 Å². The third-order valence-corrected chi connectivity index (χ3v) is 7.45. The lowest BCUT2D eigenvalue weighted by Crippen LogP contribution is -2.52. The fourth-order valence-electron chi connectivity index (χ4n) is 5.28. The summed E-state index contributed by atoms with van der Waals surface area (Å²) in [4.78, 5) is 15.0. The van der Waals surface area contributed by atoms with Gasteiger partial charge in [0.2, 0.25) is 0 Å². The number of nitrogens with zero attached hydrogens (tertiary/aromatic N) is 1. The molecule has 2 aromatic carbocycles. The lowest BCUT2D eigenvalue weighted by atomic mass is 9.65. The van der Waals surface area contributed by atoms with Gasteiger partial charge < -0.3 is 25.0 Å². The van der Waals surface area contributed by atoms with Gasteiger partial charge in [-0.25, -0.2) is 4.79 Å². The lowest BCUT2D eigenvalue weighted by molar-refractivity contribution is 0.156. The van der Waals surface area contributed by atoms with E-state index in [2.05, 4.69) is 50.6 Å². The van der Waals surface area contributed by atoms with Gasteiger partial charge in [0.1, 0.15) is 0 Å². The molecule has 31 heavy (non-hydrogen) atoms. The van der Waals surface area contributed by atoms with Gasteiger partial charge in [0.25, 0.3) is 0 Å². The Hall–Kier alpha value is -2.25. The molecule has 0 radical (unpaired) electrons. The lowest BCUT2D eigenvalue weighted by Gasteiger charge is -2.45. The molecule has 0 aromatic heterocycles. The monoisotopic (exact) mass is 487 g/mol. The molecule has 3 atom stereocenters. The van der Waals surface area contributed by atoms with Crippen molar-refractivity contribution in [3.05, 3.63) is 52.5 Å². The molecule has 1 aliphatic carbocycles. The molecule has 2 N–H and O–H groups in total. The first-order valence-corrected chi connectivity index (χ1v) is 11.5. The van der Waals surface area contributed by atoms with E-state index < -0.39 is 0 Å². The predicted molar refractivity (Wildman–Crippen MR) is 126 cm³/mol. The molecule has 166 valence electrons. The van der Waals surface area contributed by atoms with E-state index in [4.69, 9.17) is 9.47 Å². The summed E-state index contributed by atoms with van der Waals surface area (Å²) < 4.78 is 12.0. The minimum atomic E-state index is -0.147. The van der Waals surface area contributed by atoms with Crippen molar-refractivity contribution in [1.82, 2.24) is 10.2 Å². The Morgan fingerprint density at radius 1 is 1.10 bits per heavy atom. The molecule has 2 aliphatic rings. The van der Waals surface area contributed by atoms with E-state index in [0.29, 0.717) is 6.04 Å². The van der Waals surface area contributed by atoms with Crippen LogP contribution in [0.2, 0.25) is 0 Å². The number of likely N-dealkylation sites (tertiary alicyclic amines) is 1. The van der Waals surface area contributed by atoms with E-state index in [1.165, 1.54) is 5.56 Å². The molecular weight excluding hydrogens is 458 g/mol. The molecular formula is C24H30BrN3O3. The van der Waals surface area contributed by atoms with Gasteiger partial charge >= 0.3 is 6.03 Å². The quantitative estimate of drug-likeness (QED) is 0.636. The van der Waals surface area contributed by atoms with Gasteiger partial charge in [0, 0.05) is 27.7 Å². The Labute approximate surface area is 192 Å². The summed E-state index contributed by atoms with van der Waals surface area (Å²) in [5.74, 6) is 1.53. The number of methoxy groups -OCH3 is 2. The fraction of sp³-hybridized carbons (Fsp3) is 0.458. The van der Waals surface area contributed by atoms with Gasteiger partial charge in [-0.1, -0.05) is 22.0 Å². The number of hydrogen-bond acceptors (Lipinski definition) is 4. The van der Waals surface area contributed by atoms with Crippen LogP contribution in [0, 0.1) is 0 Å². The maximum absolute atomic E-state index is 12.6. The number of hydrogen-bond donors (Lipinski definition) is 2. The van der Waals surface area contributed by atoms with E-state index in [1.807, 2.05) is 30.3 Å². The molecule has 1 aliphatic heterocycles. The highest BCUT2D eigenvalue weighted by atomic mass is 79.9. The second-order valence-corrected chi connectivity index (χ2v) is 9.46. The zero-order valence-electron chi connectivity index (χ0n) is 18.3. The van der Waals surface area contributed by atoms with Crippen LogP contribution in [0.4, 0.5) is 10.5 Å². The molecule has 2 amide bonds.